The molecule has 0 aromatic carbocycles. The van der Waals surface area contributed by atoms with E-state index in [1.165, 1.54) is 10.6 Å². The minimum atomic E-state index is -0.308. The predicted octanol–water partition coefficient (Wildman–Crippen LogP) is 1.50. The SMILES string of the molecule is CC(C)Oc1ncccc1CNC(=O)c1ccn(C)c(=O)c1. The summed E-state index contributed by atoms with van der Waals surface area (Å²) in [6.07, 6.45) is 3.21. The van der Waals surface area contributed by atoms with Crippen LogP contribution in [0, 0.1) is 0 Å². The van der Waals surface area contributed by atoms with Crippen LogP contribution in [0.25, 0.3) is 0 Å². The van der Waals surface area contributed by atoms with Crippen LogP contribution >= 0.6 is 0 Å². The van der Waals surface area contributed by atoms with Crippen LogP contribution < -0.4 is 15.6 Å². The van der Waals surface area contributed by atoms with Crippen molar-refractivity contribution in [3.05, 3.63) is 58.1 Å². The quantitative estimate of drug-likeness (QED) is 0.908. The molecule has 0 unspecified atom stereocenters. The van der Waals surface area contributed by atoms with Gasteiger partial charge in [-0.1, -0.05) is 6.07 Å². The maximum Gasteiger partial charge on any atom is 0.251 e. The third kappa shape index (κ3) is 3.94. The van der Waals surface area contributed by atoms with Crippen LogP contribution in [0.5, 0.6) is 5.88 Å². The zero-order valence-corrected chi connectivity index (χ0v) is 12.9. The van der Waals surface area contributed by atoms with Crippen molar-refractivity contribution in [2.24, 2.45) is 7.05 Å². The first-order valence-electron chi connectivity index (χ1n) is 7.03. The van der Waals surface area contributed by atoms with E-state index in [0.29, 0.717) is 11.4 Å². The highest BCUT2D eigenvalue weighted by Gasteiger charge is 2.10. The minimum absolute atomic E-state index is 0.00139. The summed E-state index contributed by atoms with van der Waals surface area (Å²) in [5.74, 6) is 0.193. The highest BCUT2D eigenvalue weighted by Crippen LogP contribution is 2.15. The molecule has 2 aromatic rings. The van der Waals surface area contributed by atoms with Crippen molar-refractivity contribution >= 4 is 5.91 Å². The van der Waals surface area contributed by atoms with Gasteiger partial charge in [0.2, 0.25) is 5.88 Å². The molecule has 1 N–H and O–H groups in total. The summed E-state index contributed by atoms with van der Waals surface area (Å²) < 4.78 is 7.01. The van der Waals surface area contributed by atoms with Crippen molar-refractivity contribution in [1.29, 1.82) is 0 Å². The number of ether oxygens (including phenoxy) is 1. The van der Waals surface area contributed by atoms with E-state index >= 15 is 0 Å². The highest BCUT2D eigenvalue weighted by molar-refractivity contribution is 5.93. The summed E-state index contributed by atoms with van der Waals surface area (Å²) in [6.45, 7) is 4.11. The van der Waals surface area contributed by atoms with Gasteiger partial charge in [-0.15, -0.1) is 0 Å². The molecule has 2 heterocycles. The van der Waals surface area contributed by atoms with Gasteiger partial charge in [0.25, 0.3) is 11.5 Å². The number of aromatic nitrogens is 2. The van der Waals surface area contributed by atoms with Crippen molar-refractivity contribution in [3.63, 3.8) is 0 Å². The fourth-order valence-electron chi connectivity index (χ4n) is 1.86. The Labute approximate surface area is 128 Å². The Morgan fingerprint density at radius 1 is 1.41 bits per heavy atom. The van der Waals surface area contributed by atoms with Gasteiger partial charge in [0.05, 0.1) is 6.10 Å². The monoisotopic (exact) mass is 301 g/mol. The highest BCUT2D eigenvalue weighted by atomic mass is 16.5. The Bertz CT molecular complexity index is 723. The van der Waals surface area contributed by atoms with Crippen LogP contribution in [0.3, 0.4) is 0 Å². The molecule has 0 aliphatic rings. The molecule has 0 aliphatic heterocycles. The summed E-state index contributed by atoms with van der Waals surface area (Å²) in [6, 6.07) is 6.54. The van der Waals surface area contributed by atoms with Gasteiger partial charge in [-0.05, 0) is 26.0 Å². The number of rotatable bonds is 5. The molecule has 2 aromatic heterocycles. The van der Waals surface area contributed by atoms with Gasteiger partial charge in [0, 0.05) is 43.2 Å². The van der Waals surface area contributed by atoms with Gasteiger partial charge in [-0.25, -0.2) is 4.98 Å². The normalized spacial score (nSPS) is 10.5. The lowest BCUT2D eigenvalue weighted by Gasteiger charge is -2.13. The standard InChI is InChI=1S/C16H19N3O3/c1-11(2)22-16-13(5-4-7-17-16)10-18-15(21)12-6-8-19(3)14(20)9-12/h4-9,11H,10H2,1-3H3,(H,18,21). The van der Waals surface area contributed by atoms with E-state index < -0.39 is 0 Å². The van der Waals surface area contributed by atoms with E-state index in [1.54, 1.807) is 31.6 Å². The Morgan fingerprint density at radius 3 is 2.86 bits per heavy atom. The van der Waals surface area contributed by atoms with Crippen molar-refractivity contribution in [2.75, 3.05) is 0 Å². The van der Waals surface area contributed by atoms with Gasteiger partial charge in [-0.3, -0.25) is 9.59 Å². The van der Waals surface area contributed by atoms with E-state index in [-0.39, 0.29) is 24.1 Å². The Morgan fingerprint density at radius 2 is 2.18 bits per heavy atom. The number of pyridine rings is 2. The molecule has 1 amide bonds. The molecule has 6 nitrogen and oxygen atoms in total. The lowest BCUT2D eigenvalue weighted by molar-refractivity contribution is 0.0950. The Hall–Kier alpha value is -2.63. The van der Waals surface area contributed by atoms with Crippen LogP contribution in [0.1, 0.15) is 29.8 Å². The first-order chi connectivity index (χ1) is 10.5. The molecule has 0 aliphatic carbocycles. The molecule has 6 heteroatoms. The lowest BCUT2D eigenvalue weighted by Crippen LogP contribution is -2.26. The molecular formula is C16H19N3O3. The minimum Gasteiger partial charge on any atom is -0.475 e. The number of carbonyl (C=O) groups is 1. The van der Waals surface area contributed by atoms with Crippen molar-refractivity contribution in [3.8, 4) is 5.88 Å². The van der Waals surface area contributed by atoms with Gasteiger partial charge in [0.1, 0.15) is 0 Å². The van der Waals surface area contributed by atoms with Crippen LogP contribution in [0.2, 0.25) is 0 Å². The maximum absolute atomic E-state index is 12.1. The van der Waals surface area contributed by atoms with Crippen LogP contribution in [0.4, 0.5) is 0 Å². The number of hydrogen-bond donors (Lipinski definition) is 1. The third-order valence-electron chi connectivity index (χ3n) is 3.00. The average Bonchev–Trinajstić information content (AvgIpc) is 2.48. The smallest absolute Gasteiger partial charge is 0.251 e. The fourth-order valence-corrected chi connectivity index (χ4v) is 1.86. The molecule has 0 fully saturated rings. The number of hydrogen-bond acceptors (Lipinski definition) is 4. The molecule has 0 radical (unpaired) electrons. The summed E-state index contributed by atoms with van der Waals surface area (Å²) >= 11 is 0. The largest absolute Gasteiger partial charge is 0.475 e. The summed E-state index contributed by atoms with van der Waals surface area (Å²) in [7, 11) is 1.63. The molecule has 0 atom stereocenters. The molecule has 2 rings (SSSR count). The second kappa shape index (κ2) is 6.89. The van der Waals surface area contributed by atoms with E-state index in [9.17, 15) is 9.59 Å². The number of carbonyl (C=O) groups excluding carboxylic acids is 1. The average molecular weight is 301 g/mol. The lowest BCUT2D eigenvalue weighted by atomic mass is 10.2. The molecular weight excluding hydrogens is 282 g/mol. The summed E-state index contributed by atoms with van der Waals surface area (Å²) in [4.78, 5) is 27.8. The molecule has 22 heavy (non-hydrogen) atoms. The molecule has 0 bridgehead atoms. The zero-order valence-electron chi connectivity index (χ0n) is 12.9. The van der Waals surface area contributed by atoms with Gasteiger partial charge in [-0.2, -0.15) is 0 Å². The van der Waals surface area contributed by atoms with E-state index in [2.05, 4.69) is 10.3 Å². The first kappa shape index (κ1) is 15.8. The predicted molar refractivity (Wildman–Crippen MR) is 82.9 cm³/mol. The molecule has 0 spiro atoms. The van der Waals surface area contributed by atoms with Gasteiger partial charge >= 0.3 is 0 Å². The summed E-state index contributed by atoms with van der Waals surface area (Å²) in [5, 5.41) is 2.77. The summed E-state index contributed by atoms with van der Waals surface area (Å²) in [5.41, 5.74) is 0.893. The Kier molecular flexibility index (Phi) is 4.93. The number of amides is 1. The second-order valence-electron chi connectivity index (χ2n) is 5.18. The fraction of sp³-hybridized carbons (Fsp3) is 0.312. The number of nitrogens with one attached hydrogen (secondary N) is 1. The van der Waals surface area contributed by atoms with Crippen LogP contribution in [-0.4, -0.2) is 21.6 Å². The van der Waals surface area contributed by atoms with Gasteiger partial charge < -0.3 is 14.6 Å². The van der Waals surface area contributed by atoms with E-state index in [0.717, 1.165) is 5.56 Å². The first-order valence-corrected chi connectivity index (χ1v) is 7.03. The zero-order chi connectivity index (χ0) is 16.1. The van der Waals surface area contributed by atoms with Crippen molar-refractivity contribution < 1.29 is 9.53 Å². The molecule has 0 saturated heterocycles. The van der Waals surface area contributed by atoms with E-state index in [4.69, 9.17) is 4.74 Å². The third-order valence-corrected chi connectivity index (χ3v) is 3.00. The van der Waals surface area contributed by atoms with Gasteiger partial charge in [0.15, 0.2) is 0 Å². The van der Waals surface area contributed by atoms with Crippen LogP contribution in [0.15, 0.2) is 41.5 Å². The maximum atomic E-state index is 12.1. The van der Waals surface area contributed by atoms with Crippen LogP contribution in [-0.2, 0) is 13.6 Å². The number of nitrogens with zero attached hydrogens (tertiary/aromatic N) is 2. The Balaban J connectivity index is 2.08. The molecule has 116 valence electrons. The van der Waals surface area contributed by atoms with Crippen molar-refractivity contribution in [2.45, 2.75) is 26.5 Å². The van der Waals surface area contributed by atoms with Crippen molar-refractivity contribution in [1.82, 2.24) is 14.9 Å². The molecule has 0 saturated carbocycles. The number of aryl methyl sites for hydroxylation is 1. The second-order valence-corrected chi connectivity index (χ2v) is 5.18. The van der Waals surface area contributed by atoms with E-state index in [1.807, 2.05) is 19.9 Å². The topological polar surface area (TPSA) is 73.2 Å².